The Balaban J connectivity index is 2.07. The highest BCUT2D eigenvalue weighted by molar-refractivity contribution is 5.85. The third kappa shape index (κ3) is 2.66. The van der Waals surface area contributed by atoms with E-state index in [9.17, 15) is 14.7 Å². The number of morpholine rings is 1. The first kappa shape index (κ1) is 13.3. The average molecular weight is 255 g/mol. The first-order chi connectivity index (χ1) is 8.61. The Morgan fingerprint density at radius 2 is 1.89 bits per heavy atom. The van der Waals surface area contributed by atoms with Crippen LogP contribution >= 0.6 is 0 Å². The van der Waals surface area contributed by atoms with Crippen LogP contribution in [0, 0.1) is 11.8 Å². The van der Waals surface area contributed by atoms with Crippen molar-refractivity contribution in [3.8, 4) is 0 Å². The van der Waals surface area contributed by atoms with Crippen molar-refractivity contribution in [2.45, 2.75) is 38.6 Å². The monoisotopic (exact) mass is 255 g/mol. The molecule has 1 aliphatic carbocycles. The molecule has 3 atom stereocenters. The molecule has 5 nitrogen and oxygen atoms in total. The summed E-state index contributed by atoms with van der Waals surface area (Å²) in [5.41, 5.74) is 0. The first-order valence-corrected chi connectivity index (χ1v) is 6.72. The molecular formula is C13H21NO4. The van der Waals surface area contributed by atoms with Gasteiger partial charge in [0.05, 0.1) is 31.1 Å². The van der Waals surface area contributed by atoms with Crippen LogP contribution in [0.25, 0.3) is 0 Å². The van der Waals surface area contributed by atoms with Gasteiger partial charge in [-0.05, 0) is 19.8 Å². The SMILES string of the molecule is C[C@@H]1COCCN1C(=O)[C@@H]1CCCC[C@@H]1C(=O)O. The van der Waals surface area contributed by atoms with Crippen molar-refractivity contribution in [3.05, 3.63) is 0 Å². The first-order valence-electron chi connectivity index (χ1n) is 6.72. The van der Waals surface area contributed by atoms with E-state index in [1.54, 1.807) is 4.90 Å². The average Bonchev–Trinajstić information content (AvgIpc) is 2.38. The zero-order valence-corrected chi connectivity index (χ0v) is 10.8. The van der Waals surface area contributed by atoms with E-state index < -0.39 is 11.9 Å². The molecule has 1 amide bonds. The van der Waals surface area contributed by atoms with Gasteiger partial charge in [-0.2, -0.15) is 0 Å². The Morgan fingerprint density at radius 3 is 2.50 bits per heavy atom. The quantitative estimate of drug-likeness (QED) is 0.803. The van der Waals surface area contributed by atoms with Crippen LogP contribution in [-0.2, 0) is 14.3 Å². The van der Waals surface area contributed by atoms with Crippen molar-refractivity contribution in [1.82, 2.24) is 4.90 Å². The van der Waals surface area contributed by atoms with Crippen LogP contribution in [0.3, 0.4) is 0 Å². The van der Waals surface area contributed by atoms with Crippen LogP contribution in [0.2, 0.25) is 0 Å². The molecule has 1 N–H and O–H groups in total. The lowest BCUT2D eigenvalue weighted by Gasteiger charge is -2.38. The Kier molecular flexibility index (Phi) is 4.22. The van der Waals surface area contributed by atoms with Crippen LogP contribution in [0.15, 0.2) is 0 Å². The predicted molar refractivity (Wildman–Crippen MR) is 65.1 cm³/mol. The lowest BCUT2D eigenvalue weighted by molar-refractivity contribution is -0.156. The molecule has 0 aromatic carbocycles. The van der Waals surface area contributed by atoms with Gasteiger partial charge in [-0.3, -0.25) is 9.59 Å². The molecule has 2 fully saturated rings. The van der Waals surface area contributed by atoms with E-state index in [0.29, 0.717) is 32.6 Å². The molecule has 1 saturated heterocycles. The van der Waals surface area contributed by atoms with Crippen molar-refractivity contribution < 1.29 is 19.4 Å². The number of aliphatic carboxylic acids is 1. The number of ether oxygens (including phenoxy) is 1. The van der Waals surface area contributed by atoms with Crippen LogP contribution in [-0.4, -0.2) is 47.7 Å². The maximum absolute atomic E-state index is 12.5. The molecule has 1 heterocycles. The van der Waals surface area contributed by atoms with E-state index in [2.05, 4.69) is 0 Å². The summed E-state index contributed by atoms with van der Waals surface area (Å²) in [6.45, 7) is 3.65. The van der Waals surface area contributed by atoms with E-state index in [0.717, 1.165) is 12.8 Å². The Bertz CT molecular complexity index is 331. The lowest BCUT2D eigenvalue weighted by Crippen LogP contribution is -2.51. The minimum atomic E-state index is -0.825. The highest BCUT2D eigenvalue weighted by Crippen LogP contribution is 2.32. The number of carboxylic acids is 1. The summed E-state index contributed by atoms with van der Waals surface area (Å²) >= 11 is 0. The third-order valence-corrected chi connectivity index (χ3v) is 4.05. The standard InChI is InChI=1S/C13H21NO4/c1-9-8-18-7-6-14(9)12(15)10-4-2-3-5-11(10)13(16)17/h9-11H,2-8H2,1H3,(H,16,17)/t9-,10-,11+/m1/s1. The summed E-state index contributed by atoms with van der Waals surface area (Å²) in [6, 6.07) is 0.0580. The lowest BCUT2D eigenvalue weighted by atomic mass is 9.78. The minimum absolute atomic E-state index is 0.0119. The fraction of sp³-hybridized carbons (Fsp3) is 0.846. The smallest absolute Gasteiger partial charge is 0.307 e. The summed E-state index contributed by atoms with van der Waals surface area (Å²) in [7, 11) is 0. The molecule has 2 rings (SSSR count). The highest BCUT2D eigenvalue weighted by Gasteiger charge is 2.39. The Hall–Kier alpha value is -1.10. The molecule has 5 heteroatoms. The van der Waals surface area contributed by atoms with Gasteiger partial charge in [0.15, 0.2) is 0 Å². The zero-order chi connectivity index (χ0) is 13.1. The molecule has 102 valence electrons. The van der Waals surface area contributed by atoms with Gasteiger partial charge in [0.2, 0.25) is 5.91 Å². The highest BCUT2D eigenvalue weighted by atomic mass is 16.5. The van der Waals surface area contributed by atoms with Gasteiger partial charge in [0, 0.05) is 6.54 Å². The van der Waals surface area contributed by atoms with Gasteiger partial charge < -0.3 is 14.7 Å². The van der Waals surface area contributed by atoms with E-state index in [1.165, 1.54) is 0 Å². The molecule has 18 heavy (non-hydrogen) atoms. The maximum Gasteiger partial charge on any atom is 0.307 e. The molecule has 0 unspecified atom stereocenters. The molecule has 0 radical (unpaired) electrons. The summed E-state index contributed by atoms with van der Waals surface area (Å²) in [5.74, 6) is -1.65. The fourth-order valence-corrected chi connectivity index (χ4v) is 2.99. The van der Waals surface area contributed by atoms with Crippen molar-refractivity contribution in [2.24, 2.45) is 11.8 Å². The van der Waals surface area contributed by atoms with E-state index in [-0.39, 0.29) is 17.9 Å². The predicted octanol–water partition coefficient (Wildman–Crippen LogP) is 1.12. The minimum Gasteiger partial charge on any atom is -0.481 e. The van der Waals surface area contributed by atoms with E-state index in [1.807, 2.05) is 6.92 Å². The van der Waals surface area contributed by atoms with Crippen LogP contribution in [0.5, 0.6) is 0 Å². The van der Waals surface area contributed by atoms with Crippen LogP contribution < -0.4 is 0 Å². The fourth-order valence-electron chi connectivity index (χ4n) is 2.99. The molecule has 0 bridgehead atoms. The van der Waals surface area contributed by atoms with Crippen LogP contribution in [0.4, 0.5) is 0 Å². The number of carboxylic acid groups (broad SMARTS) is 1. The Labute approximate surface area is 107 Å². The molecule has 1 saturated carbocycles. The summed E-state index contributed by atoms with van der Waals surface area (Å²) in [5, 5.41) is 9.23. The van der Waals surface area contributed by atoms with Crippen molar-refractivity contribution >= 4 is 11.9 Å². The number of amides is 1. The second-order valence-corrected chi connectivity index (χ2v) is 5.29. The molecule has 0 aromatic heterocycles. The summed E-state index contributed by atoms with van der Waals surface area (Å²) in [4.78, 5) is 25.5. The Morgan fingerprint density at radius 1 is 1.22 bits per heavy atom. The maximum atomic E-state index is 12.5. The van der Waals surface area contributed by atoms with Gasteiger partial charge >= 0.3 is 5.97 Å². The number of rotatable bonds is 2. The topological polar surface area (TPSA) is 66.8 Å². The number of carbonyl (C=O) groups is 2. The van der Waals surface area contributed by atoms with Crippen molar-refractivity contribution in [3.63, 3.8) is 0 Å². The molecule has 0 spiro atoms. The van der Waals surface area contributed by atoms with Crippen molar-refractivity contribution in [1.29, 1.82) is 0 Å². The van der Waals surface area contributed by atoms with E-state index >= 15 is 0 Å². The van der Waals surface area contributed by atoms with Gasteiger partial charge in [-0.1, -0.05) is 12.8 Å². The van der Waals surface area contributed by atoms with Gasteiger partial charge in [0.1, 0.15) is 0 Å². The molecular weight excluding hydrogens is 234 g/mol. The number of nitrogens with zero attached hydrogens (tertiary/aromatic N) is 1. The number of carbonyl (C=O) groups excluding carboxylic acids is 1. The largest absolute Gasteiger partial charge is 0.481 e. The second-order valence-electron chi connectivity index (χ2n) is 5.29. The zero-order valence-electron chi connectivity index (χ0n) is 10.8. The summed E-state index contributed by atoms with van der Waals surface area (Å²) < 4.78 is 5.31. The van der Waals surface area contributed by atoms with Gasteiger partial charge in [-0.25, -0.2) is 0 Å². The molecule has 1 aliphatic heterocycles. The van der Waals surface area contributed by atoms with Crippen LogP contribution in [0.1, 0.15) is 32.6 Å². The number of hydrogen-bond donors (Lipinski definition) is 1. The van der Waals surface area contributed by atoms with Gasteiger partial charge in [0.25, 0.3) is 0 Å². The van der Waals surface area contributed by atoms with Crippen molar-refractivity contribution in [2.75, 3.05) is 19.8 Å². The van der Waals surface area contributed by atoms with E-state index in [4.69, 9.17) is 4.74 Å². The normalized spacial score (nSPS) is 33.2. The second kappa shape index (κ2) is 5.69. The molecule has 2 aliphatic rings. The third-order valence-electron chi connectivity index (χ3n) is 4.05. The van der Waals surface area contributed by atoms with Gasteiger partial charge in [-0.15, -0.1) is 0 Å². The summed E-state index contributed by atoms with van der Waals surface area (Å²) in [6.07, 6.45) is 3.21. The number of hydrogen-bond acceptors (Lipinski definition) is 3. The molecule has 0 aromatic rings.